The van der Waals surface area contributed by atoms with Crippen LogP contribution < -0.4 is 5.69 Å². The van der Waals surface area contributed by atoms with Crippen LogP contribution in [0.2, 0.25) is 0 Å². The first-order valence-electron chi connectivity index (χ1n) is 6.40. The number of pyridine rings is 1. The van der Waals surface area contributed by atoms with E-state index in [0.29, 0.717) is 17.8 Å². The maximum Gasteiger partial charge on any atom is 0.350 e. The minimum absolute atomic E-state index is 0.214. The van der Waals surface area contributed by atoms with Crippen molar-refractivity contribution in [3.8, 4) is 0 Å². The van der Waals surface area contributed by atoms with E-state index in [4.69, 9.17) is 0 Å². The highest BCUT2D eigenvalue weighted by molar-refractivity contribution is 5.89. The zero-order valence-electron chi connectivity index (χ0n) is 11.4. The second-order valence-electron chi connectivity index (χ2n) is 4.56. The summed E-state index contributed by atoms with van der Waals surface area (Å²) in [7, 11) is 1.33. The number of benzene rings is 1. The summed E-state index contributed by atoms with van der Waals surface area (Å²) in [5.41, 5.74) is 1.64. The normalized spacial score (nSPS) is 10.7. The number of aromatic nitrogens is 3. The van der Waals surface area contributed by atoms with E-state index in [1.807, 2.05) is 12.1 Å². The third kappa shape index (κ3) is 2.43. The Hall–Kier alpha value is -2.89. The molecule has 3 aromatic rings. The van der Waals surface area contributed by atoms with Crippen molar-refractivity contribution in [3.05, 3.63) is 70.3 Å². The van der Waals surface area contributed by atoms with Crippen molar-refractivity contribution in [1.82, 2.24) is 14.2 Å². The lowest BCUT2D eigenvalue weighted by Crippen LogP contribution is -2.21. The van der Waals surface area contributed by atoms with Crippen LogP contribution in [0.3, 0.4) is 0 Å². The fraction of sp³-hybridized carbons (Fsp3) is 0.133. The summed E-state index contributed by atoms with van der Waals surface area (Å²) in [4.78, 5) is 23.7. The van der Waals surface area contributed by atoms with E-state index in [1.165, 1.54) is 16.2 Å². The number of ether oxygens (including phenoxy) is 1. The van der Waals surface area contributed by atoms with Crippen molar-refractivity contribution in [1.29, 1.82) is 0 Å². The minimum Gasteiger partial charge on any atom is -0.465 e. The van der Waals surface area contributed by atoms with Crippen molar-refractivity contribution in [2.75, 3.05) is 7.11 Å². The SMILES string of the molecule is COC(=O)c1cccc(Cn2nc3ccccn3c2=O)c1. The van der Waals surface area contributed by atoms with Gasteiger partial charge in [-0.25, -0.2) is 14.3 Å². The lowest BCUT2D eigenvalue weighted by molar-refractivity contribution is 0.0600. The van der Waals surface area contributed by atoms with Gasteiger partial charge in [0.2, 0.25) is 0 Å². The Morgan fingerprint density at radius 3 is 2.86 bits per heavy atom. The second-order valence-corrected chi connectivity index (χ2v) is 4.56. The van der Waals surface area contributed by atoms with E-state index in [0.717, 1.165) is 5.56 Å². The van der Waals surface area contributed by atoms with Crippen molar-refractivity contribution in [2.45, 2.75) is 6.54 Å². The van der Waals surface area contributed by atoms with Crippen molar-refractivity contribution < 1.29 is 9.53 Å². The van der Waals surface area contributed by atoms with Crippen molar-refractivity contribution in [3.63, 3.8) is 0 Å². The Balaban J connectivity index is 1.97. The standard InChI is InChI=1S/C15H13N3O3/c1-21-14(19)12-6-4-5-11(9-12)10-18-15(20)17-8-3-2-7-13(17)16-18/h2-9H,10H2,1H3. The highest BCUT2D eigenvalue weighted by atomic mass is 16.5. The molecule has 0 N–H and O–H groups in total. The Morgan fingerprint density at radius 1 is 1.24 bits per heavy atom. The number of carbonyl (C=O) groups excluding carboxylic acids is 1. The summed E-state index contributed by atoms with van der Waals surface area (Å²) in [5, 5.41) is 4.25. The Labute approximate surface area is 120 Å². The van der Waals surface area contributed by atoms with Gasteiger partial charge in [-0.2, -0.15) is 0 Å². The Morgan fingerprint density at radius 2 is 2.10 bits per heavy atom. The van der Waals surface area contributed by atoms with Crippen LogP contribution in [-0.2, 0) is 11.3 Å². The lowest BCUT2D eigenvalue weighted by Gasteiger charge is -2.03. The maximum absolute atomic E-state index is 12.2. The molecule has 0 aliphatic rings. The number of esters is 1. The van der Waals surface area contributed by atoms with E-state index in [-0.39, 0.29) is 5.69 Å². The molecule has 0 aliphatic heterocycles. The van der Waals surface area contributed by atoms with Crippen LogP contribution in [0.1, 0.15) is 15.9 Å². The summed E-state index contributed by atoms with van der Waals surface area (Å²) in [5.74, 6) is -0.404. The third-order valence-corrected chi connectivity index (χ3v) is 3.17. The number of nitrogens with zero attached hydrogens (tertiary/aromatic N) is 3. The number of hydrogen-bond acceptors (Lipinski definition) is 4. The van der Waals surface area contributed by atoms with Gasteiger partial charge in [-0.05, 0) is 29.8 Å². The minimum atomic E-state index is -0.404. The number of hydrogen-bond donors (Lipinski definition) is 0. The molecular formula is C15H13N3O3. The molecule has 1 aromatic carbocycles. The predicted molar refractivity (Wildman–Crippen MR) is 76.3 cm³/mol. The van der Waals surface area contributed by atoms with Crippen LogP contribution in [0.25, 0.3) is 5.65 Å². The molecule has 0 unspecified atom stereocenters. The van der Waals surface area contributed by atoms with E-state index in [2.05, 4.69) is 9.84 Å². The Bertz CT molecular complexity index is 864. The molecule has 0 fully saturated rings. The van der Waals surface area contributed by atoms with Gasteiger partial charge in [-0.1, -0.05) is 18.2 Å². The predicted octanol–water partition coefficient (Wildman–Crippen LogP) is 1.33. The highest BCUT2D eigenvalue weighted by Crippen LogP contribution is 2.08. The van der Waals surface area contributed by atoms with Gasteiger partial charge in [0.15, 0.2) is 5.65 Å². The summed E-state index contributed by atoms with van der Waals surface area (Å²) >= 11 is 0. The van der Waals surface area contributed by atoms with Crippen molar-refractivity contribution in [2.24, 2.45) is 0 Å². The zero-order valence-corrected chi connectivity index (χ0v) is 11.4. The molecule has 0 radical (unpaired) electrons. The molecule has 106 valence electrons. The molecule has 6 nitrogen and oxygen atoms in total. The van der Waals surface area contributed by atoms with Gasteiger partial charge in [0, 0.05) is 6.20 Å². The van der Waals surface area contributed by atoms with Gasteiger partial charge in [0.05, 0.1) is 19.2 Å². The van der Waals surface area contributed by atoms with Gasteiger partial charge < -0.3 is 4.74 Å². The quantitative estimate of drug-likeness (QED) is 0.680. The number of methoxy groups -OCH3 is 1. The fourth-order valence-electron chi connectivity index (χ4n) is 2.16. The summed E-state index contributed by atoms with van der Waals surface area (Å²) in [6.45, 7) is 0.297. The van der Waals surface area contributed by atoms with E-state index in [1.54, 1.807) is 36.5 Å². The molecule has 2 heterocycles. The first kappa shape index (κ1) is 13.1. The van der Waals surface area contributed by atoms with Crippen LogP contribution in [-0.4, -0.2) is 27.3 Å². The molecule has 21 heavy (non-hydrogen) atoms. The molecule has 6 heteroatoms. The molecule has 0 saturated heterocycles. The highest BCUT2D eigenvalue weighted by Gasteiger charge is 2.09. The average Bonchev–Trinajstić information content (AvgIpc) is 2.83. The molecule has 2 aromatic heterocycles. The molecular weight excluding hydrogens is 270 g/mol. The summed E-state index contributed by atoms with van der Waals surface area (Å²) in [6, 6.07) is 12.3. The largest absolute Gasteiger partial charge is 0.465 e. The van der Waals surface area contributed by atoms with Crippen LogP contribution in [0.15, 0.2) is 53.5 Å². The van der Waals surface area contributed by atoms with Crippen LogP contribution >= 0.6 is 0 Å². The second kappa shape index (κ2) is 5.24. The van der Waals surface area contributed by atoms with Crippen LogP contribution in [0.5, 0.6) is 0 Å². The molecule has 0 spiro atoms. The van der Waals surface area contributed by atoms with Crippen molar-refractivity contribution >= 4 is 11.6 Å². The first-order chi connectivity index (χ1) is 10.2. The third-order valence-electron chi connectivity index (χ3n) is 3.17. The monoisotopic (exact) mass is 283 g/mol. The zero-order chi connectivity index (χ0) is 14.8. The topological polar surface area (TPSA) is 65.6 Å². The molecule has 0 bridgehead atoms. The van der Waals surface area contributed by atoms with E-state index < -0.39 is 5.97 Å². The molecule has 0 amide bonds. The molecule has 0 atom stereocenters. The van der Waals surface area contributed by atoms with E-state index >= 15 is 0 Å². The number of carbonyl (C=O) groups is 1. The molecule has 3 rings (SSSR count). The Kier molecular flexibility index (Phi) is 3.27. The average molecular weight is 283 g/mol. The van der Waals surface area contributed by atoms with Crippen LogP contribution in [0, 0.1) is 0 Å². The van der Waals surface area contributed by atoms with Gasteiger partial charge in [0.25, 0.3) is 0 Å². The van der Waals surface area contributed by atoms with E-state index in [9.17, 15) is 9.59 Å². The van der Waals surface area contributed by atoms with Gasteiger partial charge in [-0.3, -0.25) is 4.40 Å². The number of fused-ring (bicyclic) bond motifs is 1. The number of rotatable bonds is 3. The smallest absolute Gasteiger partial charge is 0.350 e. The summed E-state index contributed by atoms with van der Waals surface area (Å²) < 4.78 is 7.53. The maximum atomic E-state index is 12.2. The lowest BCUT2D eigenvalue weighted by atomic mass is 10.1. The van der Waals surface area contributed by atoms with Crippen LogP contribution in [0.4, 0.5) is 0 Å². The molecule has 0 aliphatic carbocycles. The van der Waals surface area contributed by atoms with Gasteiger partial charge >= 0.3 is 11.7 Å². The first-order valence-corrected chi connectivity index (χ1v) is 6.40. The van der Waals surface area contributed by atoms with Gasteiger partial charge in [-0.15, -0.1) is 5.10 Å². The fourth-order valence-corrected chi connectivity index (χ4v) is 2.16. The summed E-state index contributed by atoms with van der Waals surface area (Å²) in [6.07, 6.45) is 1.67. The molecule has 0 saturated carbocycles. The van der Waals surface area contributed by atoms with Gasteiger partial charge in [0.1, 0.15) is 0 Å².